The highest BCUT2D eigenvalue weighted by molar-refractivity contribution is 7.22. The third-order valence-corrected chi connectivity index (χ3v) is 5.46. The van der Waals surface area contributed by atoms with Gasteiger partial charge in [-0.25, -0.2) is 4.98 Å². The van der Waals surface area contributed by atoms with Gasteiger partial charge in [-0.2, -0.15) is 0 Å². The van der Waals surface area contributed by atoms with E-state index in [2.05, 4.69) is 52.4 Å². The lowest BCUT2D eigenvalue weighted by molar-refractivity contribution is 0.446. The van der Waals surface area contributed by atoms with E-state index in [4.69, 9.17) is 0 Å². The van der Waals surface area contributed by atoms with Crippen molar-refractivity contribution >= 4 is 38.1 Å². The monoisotopic (exact) mass is 331 g/mol. The molecule has 2 aromatic carbocycles. The molecule has 0 saturated heterocycles. The Morgan fingerprint density at radius 1 is 1.08 bits per heavy atom. The van der Waals surface area contributed by atoms with Crippen LogP contribution in [-0.4, -0.2) is 19.5 Å². The second-order valence-electron chi connectivity index (χ2n) is 5.82. The summed E-state index contributed by atoms with van der Waals surface area (Å²) in [7, 11) is 0. The van der Waals surface area contributed by atoms with Gasteiger partial charge >= 0.3 is 0 Å². The molecule has 24 heavy (non-hydrogen) atoms. The predicted molar refractivity (Wildman–Crippen MR) is 97.7 cm³/mol. The SMILES string of the molecule is Cc1nc2cnc3cc(-c4cc5ccccc5s4)ccc3n2c1O. The highest BCUT2D eigenvalue weighted by Gasteiger charge is 2.12. The van der Waals surface area contributed by atoms with E-state index in [1.54, 1.807) is 28.9 Å². The summed E-state index contributed by atoms with van der Waals surface area (Å²) in [5.74, 6) is 0.173. The lowest BCUT2D eigenvalue weighted by atomic mass is 10.1. The fourth-order valence-corrected chi connectivity index (χ4v) is 4.15. The quantitative estimate of drug-likeness (QED) is 0.481. The summed E-state index contributed by atoms with van der Waals surface area (Å²) in [5.41, 5.74) is 4.09. The number of hydrogen-bond acceptors (Lipinski definition) is 4. The van der Waals surface area contributed by atoms with Gasteiger partial charge in [0, 0.05) is 9.58 Å². The zero-order valence-electron chi connectivity index (χ0n) is 12.9. The summed E-state index contributed by atoms with van der Waals surface area (Å²) in [6.07, 6.45) is 1.70. The van der Waals surface area contributed by atoms with Crippen molar-refractivity contribution in [2.24, 2.45) is 0 Å². The minimum Gasteiger partial charge on any atom is -0.493 e. The molecular formula is C19H13N3OS. The molecule has 5 heteroatoms. The molecule has 3 aromatic heterocycles. The molecule has 0 fully saturated rings. The van der Waals surface area contributed by atoms with Crippen LogP contribution in [0, 0.1) is 6.92 Å². The molecule has 4 nitrogen and oxygen atoms in total. The molecule has 0 spiro atoms. The van der Waals surface area contributed by atoms with Crippen molar-refractivity contribution in [2.75, 3.05) is 0 Å². The number of hydrogen-bond donors (Lipinski definition) is 1. The van der Waals surface area contributed by atoms with Crippen LogP contribution in [0.3, 0.4) is 0 Å². The summed E-state index contributed by atoms with van der Waals surface area (Å²) < 4.78 is 3.02. The van der Waals surface area contributed by atoms with Gasteiger partial charge in [-0.05, 0) is 42.1 Å². The number of imidazole rings is 1. The van der Waals surface area contributed by atoms with Crippen molar-refractivity contribution in [3.63, 3.8) is 0 Å². The molecule has 0 aliphatic heterocycles. The fraction of sp³-hybridized carbons (Fsp3) is 0.0526. The van der Waals surface area contributed by atoms with E-state index in [0.717, 1.165) is 16.6 Å². The van der Waals surface area contributed by atoms with E-state index >= 15 is 0 Å². The summed E-state index contributed by atoms with van der Waals surface area (Å²) >= 11 is 1.77. The molecule has 0 radical (unpaired) electrons. The number of aromatic hydroxyl groups is 1. The Labute approximate surface area is 141 Å². The summed E-state index contributed by atoms with van der Waals surface area (Å²) in [4.78, 5) is 10.1. The lowest BCUT2D eigenvalue weighted by Gasteiger charge is -2.04. The number of rotatable bonds is 1. The Hall–Kier alpha value is -2.92. The van der Waals surface area contributed by atoms with Crippen LogP contribution in [0.5, 0.6) is 5.88 Å². The number of aromatic nitrogens is 3. The first kappa shape index (κ1) is 13.5. The predicted octanol–water partition coefficient (Wildman–Crippen LogP) is 4.78. The van der Waals surface area contributed by atoms with Crippen LogP contribution in [-0.2, 0) is 0 Å². The third-order valence-electron chi connectivity index (χ3n) is 4.29. The number of benzene rings is 2. The minimum atomic E-state index is 0.173. The molecule has 116 valence electrons. The van der Waals surface area contributed by atoms with Crippen molar-refractivity contribution < 1.29 is 5.11 Å². The second-order valence-corrected chi connectivity index (χ2v) is 6.91. The first-order valence-corrected chi connectivity index (χ1v) is 8.48. The van der Waals surface area contributed by atoms with Crippen molar-refractivity contribution in [1.29, 1.82) is 0 Å². The Morgan fingerprint density at radius 2 is 1.96 bits per heavy atom. The van der Waals surface area contributed by atoms with Gasteiger partial charge in [-0.15, -0.1) is 11.3 Å². The van der Waals surface area contributed by atoms with Gasteiger partial charge in [-0.3, -0.25) is 9.38 Å². The molecule has 0 saturated carbocycles. The molecule has 0 aliphatic rings. The number of thiophene rings is 1. The molecule has 5 aromatic rings. The Balaban J connectivity index is 1.76. The smallest absolute Gasteiger partial charge is 0.219 e. The maximum Gasteiger partial charge on any atom is 0.219 e. The zero-order valence-corrected chi connectivity index (χ0v) is 13.7. The van der Waals surface area contributed by atoms with Crippen LogP contribution in [0.1, 0.15) is 5.69 Å². The number of nitrogens with zero attached hydrogens (tertiary/aromatic N) is 3. The molecule has 0 amide bonds. The van der Waals surface area contributed by atoms with Gasteiger partial charge in [0.1, 0.15) is 5.69 Å². The number of aryl methyl sites for hydroxylation is 1. The molecule has 3 heterocycles. The van der Waals surface area contributed by atoms with E-state index in [-0.39, 0.29) is 5.88 Å². The van der Waals surface area contributed by atoms with Crippen molar-refractivity contribution in [2.45, 2.75) is 6.92 Å². The van der Waals surface area contributed by atoms with Crippen LogP contribution in [0.15, 0.2) is 54.7 Å². The summed E-state index contributed by atoms with van der Waals surface area (Å²) in [5, 5.41) is 11.5. The zero-order chi connectivity index (χ0) is 16.3. The van der Waals surface area contributed by atoms with Gasteiger partial charge in [0.15, 0.2) is 5.65 Å². The molecule has 0 aliphatic carbocycles. The average molecular weight is 331 g/mol. The van der Waals surface area contributed by atoms with Crippen LogP contribution in [0.4, 0.5) is 0 Å². The van der Waals surface area contributed by atoms with Gasteiger partial charge in [0.25, 0.3) is 0 Å². The Bertz CT molecular complexity index is 1200. The first-order valence-electron chi connectivity index (χ1n) is 7.66. The highest BCUT2D eigenvalue weighted by Crippen LogP contribution is 2.35. The van der Waals surface area contributed by atoms with Gasteiger partial charge in [0.2, 0.25) is 5.88 Å². The normalized spacial score (nSPS) is 11.7. The van der Waals surface area contributed by atoms with Gasteiger partial charge in [-0.1, -0.05) is 24.3 Å². The van der Waals surface area contributed by atoms with Crippen molar-refractivity contribution in [3.05, 3.63) is 60.4 Å². The maximum atomic E-state index is 10.3. The minimum absolute atomic E-state index is 0.173. The summed E-state index contributed by atoms with van der Waals surface area (Å²) in [6.45, 7) is 1.79. The molecule has 1 N–H and O–H groups in total. The van der Waals surface area contributed by atoms with E-state index in [1.807, 2.05) is 6.07 Å². The van der Waals surface area contributed by atoms with Gasteiger partial charge < -0.3 is 5.11 Å². The first-order chi connectivity index (χ1) is 11.7. The van der Waals surface area contributed by atoms with E-state index < -0.39 is 0 Å². The number of fused-ring (bicyclic) bond motifs is 4. The van der Waals surface area contributed by atoms with E-state index in [9.17, 15) is 5.11 Å². The van der Waals surface area contributed by atoms with Crippen molar-refractivity contribution in [3.8, 4) is 16.3 Å². The Morgan fingerprint density at radius 3 is 2.83 bits per heavy atom. The molecular weight excluding hydrogens is 318 g/mol. The lowest BCUT2D eigenvalue weighted by Crippen LogP contribution is -1.91. The van der Waals surface area contributed by atoms with E-state index in [0.29, 0.717) is 11.3 Å². The third kappa shape index (κ3) is 1.85. The topological polar surface area (TPSA) is 50.4 Å². The average Bonchev–Trinajstić information content (AvgIpc) is 3.16. The molecule has 0 bridgehead atoms. The Kier molecular flexibility index (Phi) is 2.69. The molecule has 0 unspecified atom stereocenters. The largest absolute Gasteiger partial charge is 0.493 e. The van der Waals surface area contributed by atoms with Crippen LogP contribution >= 0.6 is 11.3 Å². The van der Waals surface area contributed by atoms with Crippen LogP contribution in [0.25, 0.3) is 37.2 Å². The fourth-order valence-electron chi connectivity index (χ4n) is 3.09. The standard InChI is InChI=1S/C19H13N3OS/c1-11-19(23)22-15-7-6-13(8-14(15)20-10-18(22)21-11)17-9-12-4-2-3-5-16(12)24-17/h2-10,23H,1H3. The van der Waals surface area contributed by atoms with Crippen LogP contribution in [0.2, 0.25) is 0 Å². The van der Waals surface area contributed by atoms with Gasteiger partial charge in [0.05, 0.1) is 17.2 Å². The highest BCUT2D eigenvalue weighted by atomic mass is 32.1. The molecule has 5 rings (SSSR count). The second kappa shape index (κ2) is 4.79. The summed E-state index contributed by atoms with van der Waals surface area (Å²) in [6, 6.07) is 16.7. The molecule has 0 atom stereocenters. The van der Waals surface area contributed by atoms with Crippen molar-refractivity contribution in [1.82, 2.24) is 14.4 Å². The maximum absolute atomic E-state index is 10.3. The van der Waals surface area contributed by atoms with Crippen LogP contribution < -0.4 is 0 Å². The van der Waals surface area contributed by atoms with E-state index in [1.165, 1.54) is 15.0 Å².